The summed E-state index contributed by atoms with van der Waals surface area (Å²) in [7, 11) is 0. The molecule has 1 nitrogen and oxygen atoms in total. The minimum absolute atomic E-state index is 0.199. The monoisotopic (exact) mass is 237 g/mol. The van der Waals surface area contributed by atoms with Crippen molar-refractivity contribution < 1.29 is 0 Å². The second-order valence-electron chi connectivity index (χ2n) is 5.31. The van der Waals surface area contributed by atoms with E-state index in [1.54, 1.807) is 0 Å². The van der Waals surface area contributed by atoms with Gasteiger partial charge in [-0.1, -0.05) is 32.8 Å². The van der Waals surface area contributed by atoms with E-state index < -0.39 is 0 Å². The van der Waals surface area contributed by atoms with Gasteiger partial charge in [0, 0.05) is 23.2 Å². The van der Waals surface area contributed by atoms with Gasteiger partial charge in [0.05, 0.1) is 0 Å². The molecule has 1 aromatic heterocycles. The standard InChI is InChI=1S/C14H20ClN/c1-11(12-7-3-6-10-16-12)13(15)14(2)8-4-5-9-14/h3,6-7,10-11,13H,4-5,8-9H2,1-2H3. The first kappa shape index (κ1) is 11.9. The summed E-state index contributed by atoms with van der Waals surface area (Å²) in [5.41, 5.74) is 1.43. The zero-order valence-electron chi connectivity index (χ0n) is 10.1. The van der Waals surface area contributed by atoms with Gasteiger partial charge in [-0.25, -0.2) is 0 Å². The van der Waals surface area contributed by atoms with Crippen LogP contribution in [0.4, 0.5) is 0 Å². The fraction of sp³-hybridized carbons (Fsp3) is 0.643. The van der Waals surface area contributed by atoms with E-state index in [4.69, 9.17) is 11.6 Å². The highest BCUT2D eigenvalue weighted by Gasteiger charge is 2.39. The lowest BCUT2D eigenvalue weighted by Crippen LogP contribution is -2.29. The van der Waals surface area contributed by atoms with E-state index in [0.29, 0.717) is 11.3 Å². The van der Waals surface area contributed by atoms with Gasteiger partial charge in [-0.05, 0) is 30.4 Å². The maximum Gasteiger partial charge on any atom is 0.0470 e. The third-order valence-corrected chi connectivity index (χ3v) is 4.91. The van der Waals surface area contributed by atoms with E-state index in [0.717, 1.165) is 5.69 Å². The molecule has 1 saturated carbocycles. The molecule has 2 rings (SSSR count). The highest BCUT2D eigenvalue weighted by Crippen LogP contribution is 2.47. The predicted molar refractivity (Wildman–Crippen MR) is 68.9 cm³/mol. The first-order chi connectivity index (χ1) is 7.63. The number of alkyl halides is 1. The Labute approximate surface area is 103 Å². The molecule has 16 heavy (non-hydrogen) atoms. The third-order valence-electron chi connectivity index (χ3n) is 4.00. The van der Waals surface area contributed by atoms with E-state index in [1.807, 2.05) is 18.3 Å². The molecule has 1 fully saturated rings. The lowest BCUT2D eigenvalue weighted by atomic mass is 9.78. The van der Waals surface area contributed by atoms with Crippen LogP contribution in [0, 0.1) is 5.41 Å². The molecule has 2 unspecified atom stereocenters. The summed E-state index contributed by atoms with van der Waals surface area (Å²) >= 11 is 6.67. The van der Waals surface area contributed by atoms with Crippen LogP contribution in [0.3, 0.4) is 0 Å². The largest absolute Gasteiger partial charge is 0.261 e. The molecule has 0 amide bonds. The van der Waals surface area contributed by atoms with Gasteiger partial charge in [-0.3, -0.25) is 4.98 Å². The molecule has 0 N–H and O–H groups in total. The van der Waals surface area contributed by atoms with Crippen LogP contribution in [0.1, 0.15) is 51.1 Å². The topological polar surface area (TPSA) is 12.9 Å². The zero-order valence-corrected chi connectivity index (χ0v) is 10.9. The first-order valence-electron chi connectivity index (χ1n) is 6.18. The first-order valence-corrected chi connectivity index (χ1v) is 6.62. The number of aromatic nitrogens is 1. The van der Waals surface area contributed by atoms with Crippen molar-refractivity contribution in [3.8, 4) is 0 Å². The molecule has 1 aliphatic carbocycles. The zero-order chi connectivity index (χ0) is 11.6. The van der Waals surface area contributed by atoms with Gasteiger partial charge >= 0.3 is 0 Å². The summed E-state index contributed by atoms with van der Waals surface area (Å²) in [5, 5.41) is 0.199. The van der Waals surface area contributed by atoms with Crippen molar-refractivity contribution in [2.45, 2.75) is 50.8 Å². The van der Waals surface area contributed by atoms with Crippen LogP contribution >= 0.6 is 11.6 Å². The van der Waals surface area contributed by atoms with E-state index in [2.05, 4.69) is 24.9 Å². The second-order valence-corrected chi connectivity index (χ2v) is 5.78. The molecular formula is C14H20ClN. The molecule has 2 heteroatoms. The van der Waals surface area contributed by atoms with Gasteiger partial charge in [-0.2, -0.15) is 0 Å². The fourth-order valence-electron chi connectivity index (χ4n) is 2.86. The van der Waals surface area contributed by atoms with E-state index >= 15 is 0 Å². The van der Waals surface area contributed by atoms with Gasteiger partial charge in [-0.15, -0.1) is 11.6 Å². The highest BCUT2D eigenvalue weighted by atomic mass is 35.5. The Hall–Kier alpha value is -0.560. The lowest BCUT2D eigenvalue weighted by Gasteiger charge is -2.33. The summed E-state index contributed by atoms with van der Waals surface area (Å²) in [6.07, 6.45) is 7.03. The third kappa shape index (κ3) is 2.24. The Morgan fingerprint density at radius 3 is 2.56 bits per heavy atom. The molecule has 0 radical (unpaired) electrons. The van der Waals surface area contributed by atoms with Crippen molar-refractivity contribution in [3.05, 3.63) is 30.1 Å². The number of halogens is 1. The van der Waals surface area contributed by atoms with Crippen molar-refractivity contribution in [3.63, 3.8) is 0 Å². The van der Waals surface area contributed by atoms with Crippen LogP contribution in [0.15, 0.2) is 24.4 Å². The van der Waals surface area contributed by atoms with Gasteiger partial charge in [0.15, 0.2) is 0 Å². The van der Waals surface area contributed by atoms with Gasteiger partial charge in [0.25, 0.3) is 0 Å². The lowest BCUT2D eigenvalue weighted by molar-refractivity contribution is 0.293. The Bertz CT molecular complexity index is 330. The molecule has 0 bridgehead atoms. The van der Waals surface area contributed by atoms with Gasteiger partial charge < -0.3 is 0 Å². The number of nitrogens with zero attached hydrogens (tertiary/aromatic N) is 1. The van der Waals surface area contributed by atoms with Crippen LogP contribution in [0.5, 0.6) is 0 Å². The summed E-state index contributed by atoms with van der Waals surface area (Å²) < 4.78 is 0. The maximum absolute atomic E-state index is 6.67. The SMILES string of the molecule is CC(c1ccccn1)C(Cl)C1(C)CCCC1. The summed E-state index contributed by atoms with van der Waals surface area (Å²) in [6.45, 7) is 4.53. The summed E-state index contributed by atoms with van der Waals surface area (Å²) in [6, 6.07) is 6.08. The minimum atomic E-state index is 0.199. The van der Waals surface area contributed by atoms with E-state index in [1.165, 1.54) is 25.7 Å². The molecule has 0 spiro atoms. The van der Waals surface area contributed by atoms with Crippen molar-refractivity contribution in [2.24, 2.45) is 5.41 Å². The average Bonchev–Trinajstić information content (AvgIpc) is 2.77. The van der Waals surface area contributed by atoms with Gasteiger partial charge in [0.1, 0.15) is 0 Å². The summed E-state index contributed by atoms with van der Waals surface area (Å²) in [5.74, 6) is 0.339. The molecule has 1 heterocycles. The number of pyridine rings is 1. The van der Waals surface area contributed by atoms with Crippen LogP contribution in [0.25, 0.3) is 0 Å². The molecule has 0 aliphatic heterocycles. The number of hydrogen-bond donors (Lipinski definition) is 0. The average molecular weight is 238 g/mol. The van der Waals surface area contributed by atoms with E-state index in [9.17, 15) is 0 Å². The number of rotatable bonds is 3. The van der Waals surface area contributed by atoms with Crippen molar-refractivity contribution in [2.75, 3.05) is 0 Å². The Kier molecular flexibility index (Phi) is 3.53. The fourth-order valence-corrected chi connectivity index (χ4v) is 3.20. The van der Waals surface area contributed by atoms with Crippen LogP contribution in [0.2, 0.25) is 0 Å². The van der Waals surface area contributed by atoms with Crippen molar-refractivity contribution in [1.82, 2.24) is 4.98 Å². The predicted octanol–water partition coefficient (Wildman–Crippen LogP) is 4.37. The molecule has 0 aromatic carbocycles. The smallest absolute Gasteiger partial charge is 0.0470 e. The molecule has 1 aliphatic rings. The Morgan fingerprint density at radius 2 is 2.00 bits per heavy atom. The molecule has 0 saturated heterocycles. The molecule has 1 aromatic rings. The molecule has 88 valence electrons. The van der Waals surface area contributed by atoms with Gasteiger partial charge in [0.2, 0.25) is 0 Å². The van der Waals surface area contributed by atoms with Crippen LogP contribution in [-0.4, -0.2) is 10.4 Å². The second kappa shape index (κ2) is 4.75. The normalized spacial score (nSPS) is 22.9. The minimum Gasteiger partial charge on any atom is -0.261 e. The Balaban J connectivity index is 2.13. The van der Waals surface area contributed by atoms with Crippen molar-refractivity contribution in [1.29, 1.82) is 0 Å². The van der Waals surface area contributed by atoms with Crippen LogP contribution in [-0.2, 0) is 0 Å². The summed E-state index contributed by atoms with van der Waals surface area (Å²) in [4.78, 5) is 4.42. The highest BCUT2D eigenvalue weighted by molar-refractivity contribution is 6.21. The molecular weight excluding hydrogens is 218 g/mol. The Morgan fingerprint density at radius 1 is 1.31 bits per heavy atom. The number of hydrogen-bond acceptors (Lipinski definition) is 1. The van der Waals surface area contributed by atoms with Crippen molar-refractivity contribution >= 4 is 11.6 Å². The quantitative estimate of drug-likeness (QED) is 0.712. The van der Waals surface area contributed by atoms with Crippen LogP contribution < -0.4 is 0 Å². The van der Waals surface area contributed by atoms with E-state index in [-0.39, 0.29) is 5.38 Å². The molecule has 2 atom stereocenters. The maximum atomic E-state index is 6.67.